The van der Waals surface area contributed by atoms with E-state index < -0.39 is 0 Å². The molecule has 3 heteroatoms. The summed E-state index contributed by atoms with van der Waals surface area (Å²) in [6.07, 6.45) is 7.70. The van der Waals surface area contributed by atoms with Crippen LogP contribution < -0.4 is 4.74 Å². The van der Waals surface area contributed by atoms with E-state index in [2.05, 4.69) is 6.07 Å². The molecule has 1 aliphatic carbocycles. The predicted molar refractivity (Wildman–Crippen MR) is 74.1 cm³/mol. The van der Waals surface area contributed by atoms with Crippen LogP contribution in [0.1, 0.15) is 44.1 Å². The summed E-state index contributed by atoms with van der Waals surface area (Å²) in [6.45, 7) is 1.35. The van der Waals surface area contributed by atoms with Crippen LogP contribution in [0.2, 0.25) is 0 Å². The molecule has 1 aromatic rings. The standard InChI is InChI=1S/C16H21NO2/c17-13-14-7-4-5-10-16(14)19-12-6-11-18-15-8-2-1-3-9-15/h4-5,7,10,15H,1-3,6,8-9,11-12H2. The molecule has 19 heavy (non-hydrogen) atoms. The van der Waals surface area contributed by atoms with Crippen LogP contribution in [0.3, 0.4) is 0 Å². The largest absolute Gasteiger partial charge is 0.492 e. The zero-order valence-electron chi connectivity index (χ0n) is 11.3. The van der Waals surface area contributed by atoms with Crippen molar-refractivity contribution in [2.24, 2.45) is 0 Å². The van der Waals surface area contributed by atoms with Gasteiger partial charge < -0.3 is 9.47 Å². The molecule has 0 radical (unpaired) electrons. The Bertz CT molecular complexity index is 419. The quantitative estimate of drug-likeness (QED) is 0.732. The second-order valence-electron chi connectivity index (χ2n) is 4.94. The lowest BCUT2D eigenvalue weighted by Crippen LogP contribution is -2.18. The first-order valence-corrected chi connectivity index (χ1v) is 7.13. The molecule has 102 valence electrons. The number of para-hydroxylation sites is 1. The van der Waals surface area contributed by atoms with Crippen LogP contribution in [0.4, 0.5) is 0 Å². The Balaban J connectivity index is 1.62. The number of ether oxygens (including phenoxy) is 2. The van der Waals surface area contributed by atoms with E-state index in [-0.39, 0.29) is 0 Å². The average molecular weight is 259 g/mol. The molecular weight excluding hydrogens is 238 g/mol. The molecule has 1 aromatic carbocycles. The summed E-state index contributed by atoms with van der Waals surface area (Å²) < 4.78 is 11.4. The van der Waals surface area contributed by atoms with Gasteiger partial charge in [-0.2, -0.15) is 5.26 Å². The van der Waals surface area contributed by atoms with E-state index in [1.165, 1.54) is 32.1 Å². The van der Waals surface area contributed by atoms with Gasteiger partial charge in [-0.15, -0.1) is 0 Å². The fraction of sp³-hybridized carbons (Fsp3) is 0.562. The number of hydrogen-bond acceptors (Lipinski definition) is 3. The lowest BCUT2D eigenvalue weighted by Gasteiger charge is -2.21. The monoisotopic (exact) mass is 259 g/mol. The third-order valence-electron chi connectivity index (χ3n) is 3.46. The summed E-state index contributed by atoms with van der Waals surface area (Å²) >= 11 is 0. The van der Waals surface area contributed by atoms with E-state index in [1.54, 1.807) is 6.07 Å². The minimum Gasteiger partial charge on any atom is -0.492 e. The maximum atomic E-state index is 8.94. The summed E-state index contributed by atoms with van der Waals surface area (Å²) in [7, 11) is 0. The first-order valence-electron chi connectivity index (χ1n) is 7.13. The molecule has 1 aliphatic rings. The van der Waals surface area contributed by atoms with E-state index >= 15 is 0 Å². The van der Waals surface area contributed by atoms with Crippen molar-refractivity contribution < 1.29 is 9.47 Å². The molecule has 0 aromatic heterocycles. The van der Waals surface area contributed by atoms with Crippen LogP contribution in [0.15, 0.2) is 24.3 Å². The van der Waals surface area contributed by atoms with Gasteiger partial charge in [0.2, 0.25) is 0 Å². The number of hydrogen-bond donors (Lipinski definition) is 0. The third kappa shape index (κ3) is 4.57. The molecule has 0 bridgehead atoms. The average Bonchev–Trinajstić information content (AvgIpc) is 2.48. The van der Waals surface area contributed by atoms with Crippen LogP contribution in [0.5, 0.6) is 5.75 Å². The lowest BCUT2D eigenvalue weighted by atomic mass is 9.98. The third-order valence-corrected chi connectivity index (χ3v) is 3.46. The molecular formula is C16H21NO2. The first kappa shape index (κ1) is 13.9. The van der Waals surface area contributed by atoms with Gasteiger partial charge in [-0.25, -0.2) is 0 Å². The maximum absolute atomic E-state index is 8.94. The van der Waals surface area contributed by atoms with Gasteiger partial charge in [-0.3, -0.25) is 0 Å². The Morgan fingerprint density at radius 1 is 1.11 bits per heavy atom. The molecule has 0 aliphatic heterocycles. The number of nitrogens with zero attached hydrogens (tertiary/aromatic N) is 1. The molecule has 0 saturated heterocycles. The van der Waals surface area contributed by atoms with Gasteiger partial charge in [0.15, 0.2) is 0 Å². The van der Waals surface area contributed by atoms with Gasteiger partial charge in [-0.05, 0) is 25.0 Å². The van der Waals surface area contributed by atoms with E-state index in [9.17, 15) is 0 Å². The van der Waals surface area contributed by atoms with Crippen LogP contribution >= 0.6 is 0 Å². The SMILES string of the molecule is N#Cc1ccccc1OCCCOC1CCCCC1. The molecule has 0 spiro atoms. The smallest absolute Gasteiger partial charge is 0.137 e. The van der Waals surface area contributed by atoms with Crippen LogP contribution in [0, 0.1) is 11.3 Å². The van der Waals surface area contributed by atoms with E-state index in [0.29, 0.717) is 24.0 Å². The highest BCUT2D eigenvalue weighted by Crippen LogP contribution is 2.20. The second kappa shape index (κ2) is 7.81. The predicted octanol–water partition coefficient (Wildman–Crippen LogP) is 3.68. The van der Waals surface area contributed by atoms with Crippen LogP contribution in [-0.4, -0.2) is 19.3 Å². The molecule has 1 fully saturated rings. The number of rotatable bonds is 6. The summed E-state index contributed by atoms with van der Waals surface area (Å²) in [5, 5.41) is 8.94. The fourth-order valence-electron chi connectivity index (χ4n) is 2.41. The van der Waals surface area contributed by atoms with Gasteiger partial charge in [0.05, 0.1) is 24.9 Å². The Hall–Kier alpha value is -1.53. The maximum Gasteiger partial charge on any atom is 0.137 e. The highest BCUT2D eigenvalue weighted by Gasteiger charge is 2.13. The van der Waals surface area contributed by atoms with Crippen LogP contribution in [-0.2, 0) is 4.74 Å². The summed E-state index contributed by atoms with van der Waals surface area (Å²) in [5.74, 6) is 0.669. The van der Waals surface area contributed by atoms with Crippen molar-refractivity contribution >= 4 is 0 Å². The zero-order chi connectivity index (χ0) is 13.3. The molecule has 0 N–H and O–H groups in total. The highest BCUT2D eigenvalue weighted by molar-refractivity contribution is 5.42. The van der Waals surface area contributed by atoms with Crippen molar-refractivity contribution in [2.75, 3.05) is 13.2 Å². The number of nitriles is 1. The van der Waals surface area contributed by atoms with E-state index in [4.69, 9.17) is 14.7 Å². The molecule has 0 amide bonds. The van der Waals surface area contributed by atoms with E-state index in [0.717, 1.165) is 13.0 Å². The van der Waals surface area contributed by atoms with Gasteiger partial charge in [-0.1, -0.05) is 31.4 Å². The van der Waals surface area contributed by atoms with Crippen molar-refractivity contribution in [1.82, 2.24) is 0 Å². The van der Waals surface area contributed by atoms with Gasteiger partial charge in [0, 0.05) is 6.42 Å². The Morgan fingerprint density at radius 2 is 1.89 bits per heavy atom. The molecule has 2 rings (SSSR count). The lowest BCUT2D eigenvalue weighted by molar-refractivity contribution is 0.0226. The van der Waals surface area contributed by atoms with Gasteiger partial charge in [0.1, 0.15) is 11.8 Å². The van der Waals surface area contributed by atoms with Crippen molar-refractivity contribution in [3.8, 4) is 11.8 Å². The van der Waals surface area contributed by atoms with Crippen molar-refractivity contribution in [3.05, 3.63) is 29.8 Å². The van der Waals surface area contributed by atoms with Gasteiger partial charge >= 0.3 is 0 Å². The summed E-state index contributed by atoms with van der Waals surface area (Å²) in [6, 6.07) is 9.47. The second-order valence-corrected chi connectivity index (χ2v) is 4.94. The molecule has 1 saturated carbocycles. The Labute approximate surface area is 115 Å². The van der Waals surface area contributed by atoms with Crippen molar-refractivity contribution in [2.45, 2.75) is 44.6 Å². The Kier molecular flexibility index (Phi) is 5.71. The molecule has 0 heterocycles. The zero-order valence-corrected chi connectivity index (χ0v) is 11.3. The molecule has 0 unspecified atom stereocenters. The van der Waals surface area contributed by atoms with Crippen molar-refractivity contribution in [3.63, 3.8) is 0 Å². The minimum atomic E-state index is 0.458. The minimum absolute atomic E-state index is 0.458. The highest BCUT2D eigenvalue weighted by atomic mass is 16.5. The summed E-state index contributed by atoms with van der Waals surface area (Å²) in [5.41, 5.74) is 0.593. The topological polar surface area (TPSA) is 42.2 Å². The first-order chi connectivity index (χ1) is 9.40. The van der Waals surface area contributed by atoms with E-state index in [1.807, 2.05) is 18.2 Å². The Morgan fingerprint density at radius 3 is 2.68 bits per heavy atom. The van der Waals surface area contributed by atoms with Crippen LogP contribution in [0.25, 0.3) is 0 Å². The molecule has 0 atom stereocenters. The fourth-order valence-corrected chi connectivity index (χ4v) is 2.41. The summed E-state index contributed by atoms with van der Waals surface area (Å²) in [4.78, 5) is 0. The van der Waals surface area contributed by atoms with Gasteiger partial charge in [0.25, 0.3) is 0 Å². The van der Waals surface area contributed by atoms with Crippen molar-refractivity contribution in [1.29, 1.82) is 5.26 Å². The normalized spacial score (nSPS) is 15.9. The number of benzene rings is 1. The molecule has 3 nitrogen and oxygen atoms in total.